The van der Waals surface area contributed by atoms with E-state index in [4.69, 9.17) is 20.9 Å². The van der Waals surface area contributed by atoms with Crippen molar-refractivity contribution in [3.05, 3.63) is 0 Å². The lowest BCUT2D eigenvalue weighted by atomic mass is 9.43. The normalized spacial score (nSPS) is 33.7. The number of amides is 1. The molecule has 7 heteroatoms. The molecule has 0 aliphatic heterocycles. The van der Waals surface area contributed by atoms with Crippen LogP contribution in [0.25, 0.3) is 0 Å². The molecule has 4 N–H and O–H groups in total. The second kappa shape index (κ2) is 22.3. The van der Waals surface area contributed by atoms with Crippen LogP contribution in [0.5, 0.6) is 0 Å². The molecule has 4 aliphatic carbocycles. The zero-order valence-corrected chi connectivity index (χ0v) is 34.8. The van der Waals surface area contributed by atoms with Crippen molar-refractivity contribution in [2.45, 2.75) is 181 Å². The van der Waals surface area contributed by atoms with Crippen LogP contribution in [0.4, 0.5) is 0 Å². The quantitative estimate of drug-likeness (QED) is 0.0642. The van der Waals surface area contributed by atoms with Gasteiger partial charge < -0.3 is 25.8 Å². The average Bonchev–Trinajstić information content (AvgIpc) is 3.49. The Bertz CT molecular complexity index is 985. The molecule has 3 unspecified atom stereocenters. The van der Waals surface area contributed by atoms with Crippen LogP contribution in [-0.2, 0) is 14.3 Å². The minimum Gasteiger partial charge on any atom is -0.378 e. The molecule has 4 fully saturated rings. The Morgan fingerprint density at radius 2 is 1.51 bits per heavy atom. The van der Waals surface area contributed by atoms with Crippen molar-refractivity contribution in [2.75, 3.05) is 45.1 Å². The minimum atomic E-state index is 0.224. The standard InChI is InChI=1S/C44H83N3O3S/c1-5-6-7-8-9-12-27-47(42(48)18-11-10-13-31-51)28-14-17-34(2)38-21-22-39-37-20-19-35-32-36(49-29-15-25-45)23-24-43(35,3)40(37)33-41(44(38,39)4)50-30-16-26-46/h34-41,51H,5-33,45-46H2,1-4H3/t34-,35?,36-,37?,38-,39?,40+,41+,43+,44-/m1/s1. The van der Waals surface area contributed by atoms with E-state index >= 15 is 0 Å². The number of rotatable bonds is 25. The van der Waals surface area contributed by atoms with Gasteiger partial charge in [0.2, 0.25) is 5.91 Å². The molecule has 0 aromatic carbocycles. The average molecular weight is 734 g/mol. The maximum Gasteiger partial charge on any atom is 0.222 e. The van der Waals surface area contributed by atoms with Crippen molar-refractivity contribution in [2.24, 2.45) is 57.8 Å². The third-order valence-corrected chi connectivity index (χ3v) is 15.4. The smallest absolute Gasteiger partial charge is 0.222 e. The van der Waals surface area contributed by atoms with Gasteiger partial charge in [-0.05, 0) is 161 Å². The predicted octanol–water partition coefficient (Wildman–Crippen LogP) is 9.82. The first-order chi connectivity index (χ1) is 24.7. The van der Waals surface area contributed by atoms with E-state index in [2.05, 4.69) is 45.2 Å². The van der Waals surface area contributed by atoms with Gasteiger partial charge in [0.05, 0.1) is 12.2 Å². The third-order valence-electron chi connectivity index (χ3n) is 15.1. The minimum absolute atomic E-state index is 0.224. The largest absolute Gasteiger partial charge is 0.378 e. The van der Waals surface area contributed by atoms with Gasteiger partial charge >= 0.3 is 0 Å². The monoisotopic (exact) mass is 734 g/mol. The van der Waals surface area contributed by atoms with Crippen molar-refractivity contribution < 1.29 is 14.3 Å². The van der Waals surface area contributed by atoms with E-state index in [9.17, 15) is 4.79 Å². The number of nitrogens with two attached hydrogens (primary N) is 2. The van der Waals surface area contributed by atoms with Crippen LogP contribution in [0.3, 0.4) is 0 Å². The van der Waals surface area contributed by atoms with Crippen LogP contribution in [0, 0.1) is 46.3 Å². The Morgan fingerprint density at radius 3 is 2.25 bits per heavy atom. The van der Waals surface area contributed by atoms with Gasteiger partial charge in [-0.25, -0.2) is 0 Å². The van der Waals surface area contributed by atoms with Gasteiger partial charge in [-0.1, -0.05) is 66.2 Å². The summed E-state index contributed by atoms with van der Waals surface area (Å²) in [6.07, 6.45) is 27.0. The van der Waals surface area contributed by atoms with Crippen molar-refractivity contribution >= 4 is 18.5 Å². The van der Waals surface area contributed by atoms with Gasteiger partial charge in [-0.2, -0.15) is 12.6 Å². The van der Waals surface area contributed by atoms with Crippen molar-refractivity contribution in [3.8, 4) is 0 Å². The van der Waals surface area contributed by atoms with E-state index in [-0.39, 0.29) is 5.41 Å². The number of carbonyl (C=O) groups is 1. The SMILES string of the molecule is CCCCCCCCN(CCC[C@@H](C)[C@H]1CCC2C3CCC4C[C@H](OCCCN)CC[C@]4(C)[C@H]3C[C@H](OCCCN)[C@@]21C)C(=O)CCCCCS. The highest BCUT2D eigenvalue weighted by Crippen LogP contribution is 2.69. The number of ether oxygens (including phenoxy) is 2. The summed E-state index contributed by atoms with van der Waals surface area (Å²) in [5.41, 5.74) is 12.4. The zero-order chi connectivity index (χ0) is 36.7. The molecule has 298 valence electrons. The Hall–Kier alpha value is -0.340. The third kappa shape index (κ3) is 11.4. The number of unbranched alkanes of at least 4 members (excludes halogenated alkanes) is 7. The Morgan fingerprint density at radius 1 is 0.804 bits per heavy atom. The highest BCUT2D eigenvalue weighted by atomic mass is 32.1. The van der Waals surface area contributed by atoms with Crippen molar-refractivity contribution in [1.29, 1.82) is 0 Å². The summed E-state index contributed by atoms with van der Waals surface area (Å²) in [6, 6.07) is 0. The van der Waals surface area contributed by atoms with E-state index in [1.807, 2.05) is 0 Å². The molecule has 0 spiro atoms. The molecule has 0 radical (unpaired) electrons. The van der Waals surface area contributed by atoms with Gasteiger partial charge in [0.25, 0.3) is 0 Å². The number of thiol groups is 1. The highest BCUT2D eigenvalue weighted by Gasteiger charge is 2.64. The summed E-state index contributed by atoms with van der Waals surface area (Å²) in [5, 5.41) is 0. The van der Waals surface area contributed by atoms with Gasteiger partial charge in [0.1, 0.15) is 0 Å². The zero-order valence-electron chi connectivity index (χ0n) is 33.9. The van der Waals surface area contributed by atoms with Crippen molar-refractivity contribution in [1.82, 2.24) is 4.90 Å². The number of hydrogen-bond donors (Lipinski definition) is 3. The van der Waals surface area contributed by atoms with Crippen LogP contribution < -0.4 is 11.5 Å². The van der Waals surface area contributed by atoms with Crippen LogP contribution in [0.2, 0.25) is 0 Å². The van der Waals surface area contributed by atoms with Gasteiger partial charge in [-0.15, -0.1) is 0 Å². The first-order valence-corrected chi connectivity index (χ1v) is 22.9. The summed E-state index contributed by atoms with van der Waals surface area (Å²) in [5.74, 6) is 5.74. The summed E-state index contributed by atoms with van der Waals surface area (Å²) in [7, 11) is 0. The molecule has 6 nitrogen and oxygen atoms in total. The van der Waals surface area contributed by atoms with E-state index in [1.165, 1.54) is 89.9 Å². The lowest BCUT2D eigenvalue weighted by Crippen LogP contribution is -2.59. The van der Waals surface area contributed by atoms with E-state index < -0.39 is 0 Å². The van der Waals surface area contributed by atoms with Crippen LogP contribution in [-0.4, -0.2) is 68.2 Å². The van der Waals surface area contributed by atoms with Gasteiger partial charge in [0, 0.05) is 32.7 Å². The fourth-order valence-electron chi connectivity index (χ4n) is 12.1. The number of carbonyl (C=O) groups excluding carboxylic acids is 1. The number of fused-ring (bicyclic) bond motifs is 5. The molecule has 4 rings (SSSR count). The second-order valence-electron chi connectivity index (χ2n) is 18.2. The Balaban J connectivity index is 1.40. The molecule has 1 amide bonds. The first-order valence-electron chi connectivity index (χ1n) is 22.3. The van der Waals surface area contributed by atoms with Crippen LogP contribution in [0.1, 0.15) is 169 Å². The molecule has 10 atom stereocenters. The fraction of sp³-hybridized carbons (Fsp3) is 0.977. The molecule has 51 heavy (non-hydrogen) atoms. The van der Waals surface area contributed by atoms with Crippen LogP contribution >= 0.6 is 12.6 Å². The second-order valence-corrected chi connectivity index (χ2v) is 18.6. The molecule has 4 aliphatic rings. The van der Waals surface area contributed by atoms with E-state index in [1.54, 1.807) is 0 Å². The molecular weight excluding hydrogens is 651 g/mol. The van der Waals surface area contributed by atoms with Crippen molar-refractivity contribution in [3.63, 3.8) is 0 Å². The molecular formula is C44H83N3O3S. The molecule has 4 saturated carbocycles. The Kier molecular flexibility index (Phi) is 18.9. The number of hydrogen-bond acceptors (Lipinski definition) is 6. The van der Waals surface area contributed by atoms with Crippen LogP contribution in [0.15, 0.2) is 0 Å². The predicted molar refractivity (Wildman–Crippen MR) is 218 cm³/mol. The molecule has 0 bridgehead atoms. The van der Waals surface area contributed by atoms with Gasteiger partial charge in [-0.3, -0.25) is 4.79 Å². The highest BCUT2D eigenvalue weighted by molar-refractivity contribution is 7.80. The fourth-order valence-corrected chi connectivity index (χ4v) is 12.4. The number of nitrogens with zero attached hydrogens (tertiary/aromatic N) is 1. The lowest BCUT2D eigenvalue weighted by Gasteiger charge is -2.63. The van der Waals surface area contributed by atoms with Gasteiger partial charge in [0.15, 0.2) is 0 Å². The topological polar surface area (TPSA) is 90.8 Å². The summed E-state index contributed by atoms with van der Waals surface area (Å²) < 4.78 is 13.4. The molecule has 0 aromatic rings. The molecule has 0 saturated heterocycles. The van der Waals surface area contributed by atoms with E-state index in [0.717, 1.165) is 107 Å². The van der Waals surface area contributed by atoms with E-state index in [0.29, 0.717) is 48.3 Å². The lowest BCUT2D eigenvalue weighted by molar-refractivity contribution is -0.192. The molecule has 0 heterocycles. The maximum atomic E-state index is 13.4. The summed E-state index contributed by atoms with van der Waals surface area (Å²) in [6.45, 7) is 15.0. The first kappa shape index (κ1) is 43.4. The Labute approximate surface area is 320 Å². The maximum absolute atomic E-state index is 13.4. The molecule has 0 aromatic heterocycles. The summed E-state index contributed by atoms with van der Waals surface area (Å²) >= 11 is 4.37. The summed E-state index contributed by atoms with van der Waals surface area (Å²) in [4.78, 5) is 15.7.